The summed E-state index contributed by atoms with van der Waals surface area (Å²) in [5.74, 6) is 0.573. The zero-order chi connectivity index (χ0) is 16.4. The molecule has 0 aromatic carbocycles. The summed E-state index contributed by atoms with van der Waals surface area (Å²) in [5, 5.41) is 14.2. The second-order valence-corrected chi connectivity index (χ2v) is 7.25. The lowest BCUT2D eigenvalue weighted by molar-refractivity contribution is 0.0507. The van der Waals surface area contributed by atoms with Crippen LogP contribution in [0.1, 0.15) is 46.2 Å². The van der Waals surface area contributed by atoms with Gasteiger partial charge in [0.15, 0.2) is 0 Å². The molecule has 2 N–H and O–H groups in total. The van der Waals surface area contributed by atoms with Gasteiger partial charge < -0.3 is 15.4 Å². The highest BCUT2D eigenvalue weighted by atomic mass is 16.6. The topological polar surface area (TPSA) is 81.1 Å². The molecule has 1 aliphatic carbocycles. The Bertz CT molecular complexity index is 518. The minimum atomic E-state index is -0.478. The molecule has 0 radical (unpaired) electrons. The van der Waals surface area contributed by atoms with Crippen LogP contribution >= 0.6 is 0 Å². The van der Waals surface area contributed by atoms with E-state index in [9.17, 15) is 4.79 Å². The van der Waals surface area contributed by atoms with Crippen molar-refractivity contribution in [1.29, 1.82) is 0 Å². The van der Waals surface area contributed by atoms with Crippen LogP contribution in [0.25, 0.3) is 0 Å². The van der Waals surface area contributed by atoms with E-state index in [1.165, 1.54) is 12.8 Å². The van der Waals surface area contributed by atoms with Crippen LogP contribution < -0.4 is 10.6 Å². The predicted octanol–water partition coefficient (Wildman–Crippen LogP) is 1.60. The van der Waals surface area contributed by atoms with E-state index in [1.807, 2.05) is 27.8 Å². The monoisotopic (exact) mass is 309 g/mol. The Morgan fingerprint density at radius 1 is 1.41 bits per heavy atom. The van der Waals surface area contributed by atoms with Crippen molar-refractivity contribution in [1.82, 2.24) is 25.6 Å². The minimum Gasteiger partial charge on any atom is -0.444 e. The summed E-state index contributed by atoms with van der Waals surface area (Å²) < 4.78 is 7.05. The molecule has 2 rings (SSSR count). The SMILES string of the molecule is Cn1nncc1CNC(C)(CNC(=O)OC(C)(C)C)C1CC1. The number of hydrogen-bond donors (Lipinski definition) is 2. The van der Waals surface area contributed by atoms with E-state index in [2.05, 4.69) is 27.9 Å². The first-order valence-electron chi connectivity index (χ1n) is 7.75. The molecule has 1 aromatic heterocycles. The molecule has 1 heterocycles. The summed E-state index contributed by atoms with van der Waals surface area (Å²) in [6.07, 6.45) is 3.75. The molecule has 22 heavy (non-hydrogen) atoms. The molecule has 1 fully saturated rings. The van der Waals surface area contributed by atoms with E-state index in [0.717, 1.165) is 5.69 Å². The number of aromatic nitrogens is 3. The number of amides is 1. The van der Waals surface area contributed by atoms with Crippen molar-refractivity contribution in [3.8, 4) is 0 Å². The Balaban J connectivity index is 1.88. The first-order chi connectivity index (χ1) is 10.2. The van der Waals surface area contributed by atoms with E-state index in [0.29, 0.717) is 19.0 Å². The maximum atomic E-state index is 11.9. The third kappa shape index (κ3) is 4.69. The van der Waals surface area contributed by atoms with Crippen LogP contribution in [-0.4, -0.2) is 38.8 Å². The molecule has 1 aliphatic rings. The quantitative estimate of drug-likeness (QED) is 0.834. The lowest BCUT2D eigenvalue weighted by Crippen LogP contribution is -2.53. The Morgan fingerprint density at radius 3 is 2.59 bits per heavy atom. The molecule has 0 bridgehead atoms. The highest BCUT2D eigenvalue weighted by molar-refractivity contribution is 5.67. The maximum absolute atomic E-state index is 11.9. The van der Waals surface area contributed by atoms with Gasteiger partial charge in [-0.3, -0.25) is 4.68 Å². The highest BCUT2D eigenvalue weighted by Gasteiger charge is 2.41. The number of carbonyl (C=O) groups is 1. The molecule has 0 saturated heterocycles. The smallest absolute Gasteiger partial charge is 0.407 e. The molecule has 1 atom stereocenters. The Labute approximate surface area is 131 Å². The van der Waals surface area contributed by atoms with Gasteiger partial charge in [0.1, 0.15) is 5.60 Å². The van der Waals surface area contributed by atoms with Gasteiger partial charge in [-0.15, -0.1) is 5.10 Å². The molecule has 7 heteroatoms. The first kappa shape index (κ1) is 16.7. The second-order valence-electron chi connectivity index (χ2n) is 7.25. The molecule has 1 amide bonds. The predicted molar refractivity (Wildman–Crippen MR) is 83.2 cm³/mol. The zero-order valence-corrected chi connectivity index (χ0v) is 14.1. The Kier molecular flexibility index (Phi) is 4.75. The van der Waals surface area contributed by atoms with E-state index in [-0.39, 0.29) is 11.6 Å². The largest absolute Gasteiger partial charge is 0.444 e. The third-order valence-corrected chi connectivity index (χ3v) is 3.96. The van der Waals surface area contributed by atoms with Crippen LogP contribution in [0.15, 0.2) is 6.20 Å². The molecule has 1 aromatic rings. The molecule has 7 nitrogen and oxygen atoms in total. The van der Waals surface area contributed by atoms with Crippen molar-refractivity contribution >= 4 is 6.09 Å². The summed E-state index contributed by atoms with van der Waals surface area (Å²) in [6.45, 7) is 8.94. The number of nitrogens with zero attached hydrogens (tertiary/aromatic N) is 3. The van der Waals surface area contributed by atoms with Crippen molar-refractivity contribution in [3.63, 3.8) is 0 Å². The number of carbonyl (C=O) groups excluding carboxylic acids is 1. The van der Waals surface area contributed by atoms with Gasteiger partial charge in [-0.25, -0.2) is 4.79 Å². The van der Waals surface area contributed by atoms with Crippen LogP contribution in [0.4, 0.5) is 4.79 Å². The minimum absolute atomic E-state index is 0.152. The van der Waals surface area contributed by atoms with E-state index in [4.69, 9.17) is 4.74 Å². The van der Waals surface area contributed by atoms with Crippen LogP contribution in [-0.2, 0) is 18.3 Å². The number of aryl methyl sites for hydroxylation is 1. The standard InChI is InChI=1S/C15H27N5O2/c1-14(2,3)22-13(21)16-10-15(4,11-6-7-11)17-8-12-9-18-19-20(12)5/h9,11,17H,6-8,10H2,1-5H3,(H,16,21). The molecular formula is C15H27N5O2. The second kappa shape index (κ2) is 6.24. The van der Waals surface area contributed by atoms with Crippen LogP contribution in [0.2, 0.25) is 0 Å². The molecule has 0 aliphatic heterocycles. The van der Waals surface area contributed by atoms with Gasteiger partial charge in [0.05, 0.1) is 11.9 Å². The van der Waals surface area contributed by atoms with Gasteiger partial charge in [-0.1, -0.05) is 5.21 Å². The summed E-state index contributed by atoms with van der Waals surface area (Å²) in [6, 6.07) is 0. The van der Waals surface area contributed by atoms with Crippen molar-refractivity contribution in [3.05, 3.63) is 11.9 Å². The number of alkyl carbamates (subject to hydrolysis) is 1. The third-order valence-electron chi connectivity index (χ3n) is 3.96. The molecule has 1 unspecified atom stereocenters. The molecule has 0 spiro atoms. The van der Waals surface area contributed by atoms with Gasteiger partial charge in [-0.2, -0.15) is 0 Å². The normalized spacial score (nSPS) is 17.9. The average Bonchev–Trinajstić information content (AvgIpc) is 3.17. The number of ether oxygens (including phenoxy) is 1. The summed E-state index contributed by atoms with van der Waals surface area (Å²) in [4.78, 5) is 11.9. The van der Waals surface area contributed by atoms with Crippen molar-refractivity contribution in [2.24, 2.45) is 13.0 Å². The van der Waals surface area contributed by atoms with Crippen LogP contribution in [0.5, 0.6) is 0 Å². The van der Waals surface area contributed by atoms with Crippen LogP contribution in [0.3, 0.4) is 0 Å². The van der Waals surface area contributed by atoms with Crippen molar-refractivity contribution in [2.45, 2.75) is 58.2 Å². The van der Waals surface area contributed by atoms with Gasteiger partial charge in [0.25, 0.3) is 0 Å². The highest BCUT2D eigenvalue weighted by Crippen LogP contribution is 2.39. The fourth-order valence-corrected chi connectivity index (χ4v) is 2.41. The summed E-state index contributed by atoms with van der Waals surface area (Å²) in [7, 11) is 1.87. The Hall–Kier alpha value is -1.63. The molecule has 1 saturated carbocycles. The Morgan fingerprint density at radius 2 is 2.09 bits per heavy atom. The van der Waals surface area contributed by atoms with Gasteiger partial charge in [-0.05, 0) is 46.5 Å². The lowest BCUT2D eigenvalue weighted by Gasteiger charge is -2.32. The van der Waals surface area contributed by atoms with Crippen molar-refractivity contribution < 1.29 is 9.53 Å². The van der Waals surface area contributed by atoms with E-state index in [1.54, 1.807) is 10.9 Å². The number of rotatable bonds is 6. The van der Waals surface area contributed by atoms with Gasteiger partial charge in [0, 0.05) is 25.7 Å². The fraction of sp³-hybridized carbons (Fsp3) is 0.800. The zero-order valence-electron chi connectivity index (χ0n) is 14.1. The number of hydrogen-bond acceptors (Lipinski definition) is 5. The first-order valence-corrected chi connectivity index (χ1v) is 7.75. The van der Waals surface area contributed by atoms with Crippen molar-refractivity contribution in [2.75, 3.05) is 6.54 Å². The number of nitrogens with one attached hydrogen (secondary N) is 2. The lowest BCUT2D eigenvalue weighted by atomic mass is 9.95. The van der Waals surface area contributed by atoms with Crippen LogP contribution in [0, 0.1) is 5.92 Å². The van der Waals surface area contributed by atoms with E-state index >= 15 is 0 Å². The summed E-state index contributed by atoms with van der Waals surface area (Å²) in [5.41, 5.74) is 0.388. The average molecular weight is 309 g/mol. The molecular weight excluding hydrogens is 282 g/mol. The maximum Gasteiger partial charge on any atom is 0.407 e. The van der Waals surface area contributed by atoms with Gasteiger partial charge >= 0.3 is 6.09 Å². The van der Waals surface area contributed by atoms with E-state index < -0.39 is 5.60 Å². The fourth-order valence-electron chi connectivity index (χ4n) is 2.41. The van der Waals surface area contributed by atoms with Gasteiger partial charge in [0.2, 0.25) is 0 Å². The summed E-state index contributed by atoms with van der Waals surface area (Å²) >= 11 is 0. The molecule has 124 valence electrons.